The lowest BCUT2D eigenvalue weighted by atomic mass is 10.3. The predicted octanol–water partition coefficient (Wildman–Crippen LogP) is 2.19. The van der Waals surface area contributed by atoms with Crippen LogP contribution in [0.4, 0.5) is 4.79 Å². The molecule has 0 unspecified atom stereocenters. The molecular weight excluding hydrogens is 242 g/mol. The van der Waals surface area contributed by atoms with Crippen LogP contribution >= 0.6 is 11.3 Å². The summed E-state index contributed by atoms with van der Waals surface area (Å²) in [6.45, 7) is 1.81. The fraction of sp³-hybridized carbons (Fsp3) is 0.273. The second kappa shape index (κ2) is 5.01. The van der Waals surface area contributed by atoms with Crippen molar-refractivity contribution in [3.05, 3.63) is 33.9 Å². The highest BCUT2D eigenvalue weighted by Crippen LogP contribution is 2.16. The summed E-state index contributed by atoms with van der Waals surface area (Å²) in [4.78, 5) is 22.5. The first-order valence-electron chi connectivity index (χ1n) is 5.10. The number of hydrogen-bond donors (Lipinski definition) is 0. The van der Waals surface area contributed by atoms with Gasteiger partial charge < -0.3 is 9.47 Å². The molecule has 90 valence electrons. The van der Waals surface area contributed by atoms with E-state index < -0.39 is 6.16 Å². The minimum absolute atomic E-state index is 0.123. The summed E-state index contributed by atoms with van der Waals surface area (Å²) in [6.07, 6.45) is -0.769. The van der Waals surface area contributed by atoms with E-state index in [9.17, 15) is 9.59 Å². The number of thiazole rings is 1. The normalized spacial score (nSPS) is 10.4. The van der Waals surface area contributed by atoms with Crippen molar-refractivity contribution in [2.45, 2.75) is 13.7 Å². The molecule has 2 rings (SSSR count). The van der Waals surface area contributed by atoms with Crippen molar-refractivity contribution in [3.8, 4) is 0 Å². The van der Waals surface area contributed by atoms with Gasteiger partial charge in [0.15, 0.2) is 6.73 Å². The fourth-order valence-electron chi connectivity index (χ4n) is 1.41. The van der Waals surface area contributed by atoms with Crippen LogP contribution in [-0.2, 0) is 16.2 Å². The maximum atomic E-state index is 11.7. The van der Waals surface area contributed by atoms with E-state index in [0.717, 1.165) is 21.6 Å². The van der Waals surface area contributed by atoms with E-state index in [2.05, 4.69) is 4.74 Å². The molecule has 0 N–H and O–H groups in total. The second-order valence-corrected chi connectivity index (χ2v) is 4.21. The van der Waals surface area contributed by atoms with Crippen LogP contribution in [0.25, 0.3) is 10.2 Å². The third-order valence-corrected chi connectivity index (χ3v) is 3.11. The van der Waals surface area contributed by atoms with Crippen molar-refractivity contribution in [1.29, 1.82) is 0 Å². The maximum absolute atomic E-state index is 11.7. The monoisotopic (exact) mass is 253 g/mol. The summed E-state index contributed by atoms with van der Waals surface area (Å²) in [5.74, 6) is 0. The Bertz CT molecular complexity index is 586. The van der Waals surface area contributed by atoms with Gasteiger partial charge in [0.25, 0.3) is 0 Å². The lowest BCUT2D eigenvalue weighted by Crippen LogP contribution is -2.18. The van der Waals surface area contributed by atoms with Crippen molar-refractivity contribution in [1.82, 2.24) is 4.57 Å². The standard InChI is InChI=1S/C11H11NO4S/c1-2-15-11(14)16-7-12-8-5-3-4-6-9(8)17-10(12)13/h3-6H,2,7H2,1H3. The number of ether oxygens (including phenoxy) is 2. The molecule has 0 aliphatic rings. The number of carbonyl (C=O) groups excluding carboxylic acids is 1. The highest BCUT2D eigenvalue weighted by atomic mass is 32.1. The van der Waals surface area contributed by atoms with Gasteiger partial charge >= 0.3 is 11.0 Å². The lowest BCUT2D eigenvalue weighted by molar-refractivity contribution is 0.0376. The number of rotatable bonds is 3. The summed E-state index contributed by atoms with van der Waals surface area (Å²) in [6, 6.07) is 7.34. The lowest BCUT2D eigenvalue weighted by Gasteiger charge is -2.05. The van der Waals surface area contributed by atoms with E-state index in [0.29, 0.717) is 0 Å². The number of aromatic nitrogens is 1. The molecule has 1 heterocycles. The first-order chi connectivity index (χ1) is 8.22. The topological polar surface area (TPSA) is 57.5 Å². The Balaban J connectivity index is 2.21. The zero-order valence-electron chi connectivity index (χ0n) is 9.21. The summed E-state index contributed by atoms with van der Waals surface area (Å²) < 4.78 is 11.7. The maximum Gasteiger partial charge on any atom is 0.510 e. The van der Waals surface area contributed by atoms with Gasteiger partial charge in [-0.15, -0.1) is 0 Å². The molecular formula is C11H11NO4S. The molecule has 0 saturated heterocycles. The minimum Gasteiger partial charge on any atom is -0.435 e. The largest absolute Gasteiger partial charge is 0.510 e. The fourth-order valence-corrected chi connectivity index (χ4v) is 2.29. The van der Waals surface area contributed by atoms with Crippen LogP contribution < -0.4 is 4.87 Å². The Morgan fingerprint density at radius 1 is 1.35 bits per heavy atom. The van der Waals surface area contributed by atoms with Crippen LogP contribution in [-0.4, -0.2) is 17.3 Å². The van der Waals surface area contributed by atoms with Gasteiger partial charge in [0.05, 0.1) is 16.8 Å². The van der Waals surface area contributed by atoms with Gasteiger partial charge in [-0.1, -0.05) is 23.5 Å². The minimum atomic E-state index is -0.769. The third kappa shape index (κ3) is 2.47. The average molecular weight is 253 g/mol. The van der Waals surface area contributed by atoms with Crippen molar-refractivity contribution in [2.75, 3.05) is 6.61 Å². The Labute approximate surface area is 101 Å². The van der Waals surface area contributed by atoms with Crippen molar-refractivity contribution >= 4 is 27.7 Å². The molecule has 0 saturated carbocycles. The van der Waals surface area contributed by atoms with Gasteiger partial charge in [-0.2, -0.15) is 0 Å². The second-order valence-electron chi connectivity index (χ2n) is 3.22. The number of fused-ring (bicyclic) bond motifs is 1. The van der Waals surface area contributed by atoms with Crippen molar-refractivity contribution in [3.63, 3.8) is 0 Å². The molecule has 0 aliphatic heterocycles. The smallest absolute Gasteiger partial charge is 0.435 e. The number of benzene rings is 1. The summed E-state index contributed by atoms with van der Waals surface area (Å²) in [5.41, 5.74) is 0.756. The molecule has 0 spiro atoms. The Hall–Kier alpha value is -1.82. The van der Waals surface area contributed by atoms with Gasteiger partial charge in [-0.25, -0.2) is 4.79 Å². The molecule has 5 nitrogen and oxygen atoms in total. The highest BCUT2D eigenvalue weighted by molar-refractivity contribution is 7.16. The van der Waals surface area contributed by atoms with E-state index >= 15 is 0 Å². The quantitative estimate of drug-likeness (QED) is 0.787. The molecule has 0 amide bonds. The number of carbonyl (C=O) groups is 1. The van der Waals surface area contributed by atoms with Crippen molar-refractivity contribution < 1.29 is 14.3 Å². The van der Waals surface area contributed by atoms with Crippen LogP contribution in [0.1, 0.15) is 6.92 Å². The first-order valence-corrected chi connectivity index (χ1v) is 5.92. The molecule has 1 aromatic heterocycles. The Kier molecular flexibility index (Phi) is 3.43. The molecule has 17 heavy (non-hydrogen) atoms. The van der Waals surface area contributed by atoms with Crippen LogP contribution in [0.5, 0.6) is 0 Å². The van der Waals surface area contributed by atoms with Crippen LogP contribution in [0.15, 0.2) is 29.1 Å². The highest BCUT2D eigenvalue weighted by Gasteiger charge is 2.09. The zero-order chi connectivity index (χ0) is 12.3. The molecule has 0 aliphatic carbocycles. The average Bonchev–Trinajstić information content (AvgIpc) is 2.62. The molecule has 0 fully saturated rings. The van der Waals surface area contributed by atoms with Crippen LogP contribution in [0.3, 0.4) is 0 Å². The van der Waals surface area contributed by atoms with E-state index in [4.69, 9.17) is 4.74 Å². The molecule has 2 aromatic rings. The van der Waals surface area contributed by atoms with E-state index in [-0.39, 0.29) is 18.2 Å². The molecule has 0 radical (unpaired) electrons. The van der Waals surface area contributed by atoms with Gasteiger partial charge in [0.2, 0.25) is 0 Å². The Morgan fingerprint density at radius 3 is 2.88 bits per heavy atom. The number of para-hydroxylation sites is 1. The first kappa shape index (κ1) is 11.7. The molecule has 0 bridgehead atoms. The third-order valence-electron chi connectivity index (χ3n) is 2.15. The van der Waals surface area contributed by atoms with E-state index in [1.807, 2.05) is 24.3 Å². The number of nitrogens with zero attached hydrogens (tertiary/aromatic N) is 1. The van der Waals surface area contributed by atoms with Gasteiger partial charge in [0.1, 0.15) is 0 Å². The van der Waals surface area contributed by atoms with Gasteiger partial charge in [0, 0.05) is 0 Å². The van der Waals surface area contributed by atoms with Crippen molar-refractivity contribution in [2.24, 2.45) is 0 Å². The van der Waals surface area contributed by atoms with E-state index in [1.54, 1.807) is 6.92 Å². The number of hydrogen-bond acceptors (Lipinski definition) is 5. The Morgan fingerprint density at radius 2 is 2.12 bits per heavy atom. The molecule has 0 atom stereocenters. The SMILES string of the molecule is CCOC(=O)OCn1c(=O)sc2ccccc21. The van der Waals surface area contributed by atoms with Gasteiger partial charge in [-0.05, 0) is 19.1 Å². The molecule has 6 heteroatoms. The molecule has 1 aromatic carbocycles. The predicted molar refractivity (Wildman–Crippen MR) is 64.2 cm³/mol. The van der Waals surface area contributed by atoms with Gasteiger partial charge in [-0.3, -0.25) is 9.36 Å². The summed E-state index contributed by atoms with van der Waals surface area (Å²) in [5, 5.41) is 0. The van der Waals surface area contributed by atoms with Crippen LogP contribution in [0.2, 0.25) is 0 Å². The van der Waals surface area contributed by atoms with Crippen LogP contribution in [0, 0.1) is 0 Å². The zero-order valence-corrected chi connectivity index (χ0v) is 10.0. The van der Waals surface area contributed by atoms with E-state index in [1.165, 1.54) is 4.57 Å². The summed E-state index contributed by atoms with van der Waals surface area (Å²) >= 11 is 1.12. The summed E-state index contributed by atoms with van der Waals surface area (Å²) in [7, 11) is 0.